The molecule has 0 spiro atoms. The van der Waals surface area contributed by atoms with Crippen molar-refractivity contribution in [3.8, 4) is 17.1 Å². The molecule has 0 saturated heterocycles. The van der Waals surface area contributed by atoms with E-state index < -0.39 is 0 Å². The van der Waals surface area contributed by atoms with Gasteiger partial charge in [-0.3, -0.25) is 9.36 Å². The number of aromatic nitrogens is 2. The van der Waals surface area contributed by atoms with Crippen molar-refractivity contribution in [1.82, 2.24) is 9.55 Å². The topological polar surface area (TPSA) is 55.1 Å². The summed E-state index contributed by atoms with van der Waals surface area (Å²) in [5.41, 5.74) is 2.50. The Bertz CT molecular complexity index is 1080. The number of hydrogen-bond donors (Lipinski definition) is 1. The third-order valence-corrected chi connectivity index (χ3v) is 5.87. The maximum absolute atomic E-state index is 14.1. The molecule has 1 heterocycles. The maximum atomic E-state index is 14.1. The second kappa shape index (κ2) is 8.19. The van der Waals surface area contributed by atoms with Gasteiger partial charge in [0.1, 0.15) is 17.4 Å². The van der Waals surface area contributed by atoms with Gasteiger partial charge in [0.05, 0.1) is 5.56 Å². The van der Waals surface area contributed by atoms with Crippen molar-refractivity contribution < 1.29 is 9.50 Å². The Morgan fingerprint density at radius 3 is 2.52 bits per heavy atom. The van der Waals surface area contributed by atoms with E-state index in [4.69, 9.17) is 4.98 Å². The van der Waals surface area contributed by atoms with Crippen LogP contribution in [0.2, 0.25) is 0 Å². The smallest absolute Gasteiger partial charge is 0.257 e. The van der Waals surface area contributed by atoms with E-state index in [0.717, 1.165) is 36.9 Å². The zero-order valence-corrected chi connectivity index (χ0v) is 16.6. The monoisotopic (exact) mass is 392 g/mol. The highest BCUT2D eigenvalue weighted by Gasteiger charge is 2.26. The lowest BCUT2D eigenvalue weighted by atomic mass is 9.97. The molecule has 1 fully saturated rings. The molecule has 4 rings (SSSR count). The largest absolute Gasteiger partial charge is 0.507 e. The van der Waals surface area contributed by atoms with Crippen molar-refractivity contribution in [2.45, 2.75) is 51.5 Å². The van der Waals surface area contributed by atoms with Crippen LogP contribution in [0.1, 0.15) is 48.4 Å². The van der Waals surface area contributed by atoms with Gasteiger partial charge in [-0.05, 0) is 55.9 Å². The van der Waals surface area contributed by atoms with Crippen LogP contribution in [0.5, 0.6) is 5.75 Å². The van der Waals surface area contributed by atoms with Crippen molar-refractivity contribution >= 4 is 0 Å². The number of nitrogens with zero attached hydrogens (tertiary/aromatic N) is 2. The van der Waals surface area contributed by atoms with Crippen LogP contribution >= 0.6 is 0 Å². The molecule has 0 amide bonds. The van der Waals surface area contributed by atoms with E-state index in [0.29, 0.717) is 29.9 Å². The average Bonchev–Trinajstić information content (AvgIpc) is 3.23. The van der Waals surface area contributed by atoms with Crippen LogP contribution in [-0.4, -0.2) is 14.7 Å². The Morgan fingerprint density at radius 1 is 1.10 bits per heavy atom. The van der Waals surface area contributed by atoms with Gasteiger partial charge in [-0.2, -0.15) is 0 Å². The van der Waals surface area contributed by atoms with Gasteiger partial charge in [-0.15, -0.1) is 0 Å². The Labute approximate surface area is 169 Å². The Morgan fingerprint density at radius 2 is 1.79 bits per heavy atom. The van der Waals surface area contributed by atoms with E-state index in [9.17, 15) is 14.3 Å². The first kappa shape index (κ1) is 19.4. The minimum atomic E-state index is -0.277. The third-order valence-electron chi connectivity index (χ3n) is 5.87. The molecule has 150 valence electrons. The standard InChI is InChI=1S/C24H25FN2O2/c1-16-22(18-9-2-3-10-18)24(29)27(15-14-17-8-4-6-12-20(17)25)23(26-16)19-11-5-7-13-21(19)28/h4-8,11-13,18,28H,2-3,9-10,14-15H2,1H3. The fraction of sp³-hybridized carbons (Fsp3) is 0.333. The van der Waals surface area contributed by atoms with Crippen molar-refractivity contribution in [2.75, 3.05) is 0 Å². The van der Waals surface area contributed by atoms with Gasteiger partial charge in [0.2, 0.25) is 0 Å². The van der Waals surface area contributed by atoms with Gasteiger partial charge in [-0.25, -0.2) is 9.37 Å². The maximum Gasteiger partial charge on any atom is 0.257 e. The molecule has 1 aliphatic carbocycles. The van der Waals surface area contributed by atoms with Crippen LogP contribution in [0.3, 0.4) is 0 Å². The number of phenolic OH excluding ortho intramolecular Hbond substituents is 1. The number of phenols is 1. The lowest BCUT2D eigenvalue weighted by Crippen LogP contribution is -2.30. The lowest BCUT2D eigenvalue weighted by molar-refractivity contribution is 0.475. The van der Waals surface area contributed by atoms with Crippen LogP contribution in [0, 0.1) is 12.7 Å². The van der Waals surface area contributed by atoms with Crippen LogP contribution in [0.4, 0.5) is 4.39 Å². The Kier molecular flexibility index (Phi) is 5.47. The number of rotatable bonds is 5. The first-order valence-corrected chi connectivity index (χ1v) is 10.2. The highest BCUT2D eigenvalue weighted by atomic mass is 19.1. The summed E-state index contributed by atoms with van der Waals surface area (Å²) in [6.07, 6.45) is 4.63. The average molecular weight is 392 g/mol. The van der Waals surface area contributed by atoms with E-state index in [2.05, 4.69) is 0 Å². The van der Waals surface area contributed by atoms with Gasteiger partial charge < -0.3 is 5.11 Å². The number of aromatic hydroxyl groups is 1. The molecule has 1 saturated carbocycles. The zero-order valence-electron chi connectivity index (χ0n) is 16.6. The predicted molar refractivity (Wildman–Crippen MR) is 112 cm³/mol. The summed E-state index contributed by atoms with van der Waals surface area (Å²) in [6.45, 7) is 2.18. The van der Waals surface area contributed by atoms with E-state index in [1.807, 2.05) is 13.0 Å². The second-order valence-electron chi connectivity index (χ2n) is 7.73. The van der Waals surface area contributed by atoms with Crippen molar-refractivity contribution in [2.24, 2.45) is 0 Å². The van der Waals surface area contributed by atoms with E-state index in [-0.39, 0.29) is 23.0 Å². The number of halogens is 1. The second-order valence-corrected chi connectivity index (χ2v) is 7.73. The molecule has 5 heteroatoms. The van der Waals surface area contributed by atoms with Crippen LogP contribution in [-0.2, 0) is 13.0 Å². The Balaban J connectivity index is 1.83. The van der Waals surface area contributed by atoms with Gasteiger partial charge in [-0.1, -0.05) is 43.2 Å². The zero-order chi connectivity index (χ0) is 20.4. The van der Waals surface area contributed by atoms with Gasteiger partial charge in [0.15, 0.2) is 0 Å². The first-order valence-electron chi connectivity index (χ1n) is 10.2. The highest BCUT2D eigenvalue weighted by molar-refractivity contribution is 5.64. The molecule has 1 N–H and O–H groups in total. The van der Waals surface area contributed by atoms with Crippen LogP contribution in [0.15, 0.2) is 53.3 Å². The molecule has 4 nitrogen and oxygen atoms in total. The molecule has 1 aliphatic rings. The van der Waals surface area contributed by atoms with Crippen molar-refractivity contribution in [3.63, 3.8) is 0 Å². The molecule has 2 aromatic carbocycles. The first-order chi connectivity index (χ1) is 14.1. The molecule has 0 bridgehead atoms. The summed E-state index contributed by atoms with van der Waals surface area (Å²) in [7, 11) is 0. The van der Waals surface area contributed by atoms with Gasteiger partial charge in [0, 0.05) is 17.8 Å². The van der Waals surface area contributed by atoms with E-state index >= 15 is 0 Å². The molecule has 0 radical (unpaired) electrons. The summed E-state index contributed by atoms with van der Waals surface area (Å²) in [6, 6.07) is 13.5. The fourth-order valence-corrected chi connectivity index (χ4v) is 4.37. The van der Waals surface area contributed by atoms with Crippen LogP contribution < -0.4 is 5.56 Å². The third kappa shape index (κ3) is 3.82. The number of para-hydroxylation sites is 1. The normalized spacial score (nSPS) is 14.4. The summed E-state index contributed by atoms with van der Waals surface area (Å²) >= 11 is 0. The SMILES string of the molecule is Cc1nc(-c2ccccc2O)n(CCc2ccccc2F)c(=O)c1C1CCCC1. The summed E-state index contributed by atoms with van der Waals surface area (Å²) < 4.78 is 15.7. The van der Waals surface area contributed by atoms with Crippen LogP contribution in [0.25, 0.3) is 11.4 Å². The van der Waals surface area contributed by atoms with Crippen molar-refractivity contribution in [1.29, 1.82) is 0 Å². The van der Waals surface area contributed by atoms with Crippen molar-refractivity contribution in [3.05, 3.63) is 81.5 Å². The minimum absolute atomic E-state index is 0.0704. The fourth-order valence-electron chi connectivity index (χ4n) is 4.37. The highest BCUT2D eigenvalue weighted by Crippen LogP contribution is 2.35. The summed E-state index contributed by atoms with van der Waals surface area (Å²) in [5, 5.41) is 10.4. The molecule has 3 aromatic rings. The minimum Gasteiger partial charge on any atom is -0.507 e. The summed E-state index contributed by atoms with van der Waals surface area (Å²) in [5.74, 6) is 0.463. The number of aryl methyl sites for hydroxylation is 2. The molecule has 0 unspecified atom stereocenters. The Hall–Kier alpha value is -2.95. The predicted octanol–water partition coefficient (Wildman–Crippen LogP) is 4.96. The number of benzene rings is 2. The molecule has 0 atom stereocenters. The quantitative estimate of drug-likeness (QED) is 0.667. The number of hydrogen-bond acceptors (Lipinski definition) is 3. The molecule has 0 aliphatic heterocycles. The molecular formula is C24H25FN2O2. The van der Waals surface area contributed by atoms with Gasteiger partial charge >= 0.3 is 0 Å². The molecule has 29 heavy (non-hydrogen) atoms. The lowest BCUT2D eigenvalue weighted by Gasteiger charge is -2.19. The van der Waals surface area contributed by atoms with E-state index in [1.54, 1.807) is 41.0 Å². The van der Waals surface area contributed by atoms with E-state index in [1.165, 1.54) is 6.07 Å². The molecular weight excluding hydrogens is 367 g/mol. The summed E-state index contributed by atoms with van der Waals surface area (Å²) in [4.78, 5) is 18.3. The molecule has 1 aromatic heterocycles. The van der Waals surface area contributed by atoms with Gasteiger partial charge in [0.25, 0.3) is 5.56 Å².